The third-order valence-electron chi connectivity index (χ3n) is 9.26. The molecule has 2 nitrogen and oxygen atoms in total. The van der Waals surface area contributed by atoms with Gasteiger partial charge in [-0.3, -0.25) is 4.79 Å². The molecule has 4 aliphatic rings. The number of fused-ring (bicyclic) bond motifs is 5. The monoisotopic (exact) mass is 406 g/mol. The van der Waals surface area contributed by atoms with Crippen LogP contribution in [0.5, 0.6) is 0 Å². The van der Waals surface area contributed by atoms with Crippen LogP contribution in [0.25, 0.3) is 0 Å². The third-order valence-corrected chi connectivity index (χ3v) is 10.9. The van der Waals surface area contributed by atoms with Crippen LogP contribution >= 0.6 is 11.8 Å². The Morgan fingerprint density at radius 3 is 2.71 bits per heavy atom. The number of aliphatic hydroxyl groups is 1. The van der Waals surface area contributed by atoms with Crippen molar-refractivity contribution in [3.05, 3.63) is 23.8 Å². The molecule has 0 heterocycles. The number of allylic oxidation sites excluding steroid dienone is 4. The molecule has 28 heavy (non-hydrogen) atoms. The fraction of sp³-hybridized carbons (Fsp3) is 0.792. The van der Waals surface area contributed by atoms with Crippen molar-refractivity contribution in [2.24, 2.45) is 22.7 Å². The van der Waals surface area contributed by atoms with Gasteiger partial charge in [-0.1, -0.05) is 38.3 Å². The molecule has 0 aromatic carbocycles. The number of thioether (sulfide) groups is 1. The first-order valence-corrected chi connectivity index (χ1v) is 12.3. The van der Waals surface area contributed by atoms with Crippen LogP contribution in [-0.4, -0.2) is 33.7 Å². The fourth-order valence-corrected chi connectivity index (χ4v) is 8.97. The molecule has 4 heteroatoms. The molecule has 156 valence electrons. The van der Waals surface area contributed by atoms with Crippen LogP contribution < -0.4 is 0 Å². The maximum absolute atomic E-state index is 17.0. The highest BCUT2D eigenvalue weighted by Gasteiger charge is 2.72. The molecule has 4 rings (SSSR count). The molecule has 0 spiro atoms. The number of rotatable bonds is 4. The lowest BCUT2D eigenvalue weighted by molar-refractivity contribution is -0.192. The highest BCUT2D eigenvalue weighted by molar-refractivity contribution is 8.00. The number of carbonyl (C=O) groups is 1. The second-order valence-corrected chi connectivity index (χ2v) is 11.3. The van der Waals surface area contributed by atoms with Crippen LogP contribution in [0.2, 0.25) is 0 Å². The predicted molar refractivity (Wildman–Crippen MR) is 114 cm³/mol. The van der Waals surface area contributed by atoms with E-state index in [0.717, 1.165) is 37.7 Å². The van der Waals surface area contributed by atoms with Gasteiger partial charge < -0.3 is 5.11 Å². The van der Waals surface area contributed by atoms with E-state index in [1.54, 1.807) is 12.2 Å². The van der Waals surface area contributed by atoms with Crippen molar-refractivity contribution in [1.82, 2.24) is 0 Å². The van der Waals surface area contributed by atoms with E-state index in [1.807, 2.05) is 18.7 Å². The molecule has 0 aromatic rings. The molecule has 0 unspecified atom stereocenters. The van der Waals surface area contributed by atoms with Gasteiger partial charge in [0.25, 0.3) is 0 Å². The fourth-order valence-electron chi connectivity index (χ4n) is 7.60. The normalized spacial score (nSPS) is 50.0. The zero-order valence-corrected chi connectivity index (χ0v) is 18.6. The molecule has 0 bridgehead atoms. The predicted octanol–water partition coefficient (Wildman–Crippen LogP) is 5.65. The van der Waals surface area contributed by atoms with Crippen molar-refractivity contribution >= 4 is 17.5 Å². The summed E-state index contributed by atoms with van der Waals surface area (Å²) >= 11 is 1.96. The van der Waals surface area contributed by atoms with Crippen molar-refractivity contribution < 1.29 is 14.3 Å². The van der Waals surface area contributed by atoms with Crippen LogP contribution in [0.4, 0.5) is 4.39 Å². The standard InChI is InChI=1S/C24H35FO2S/c1-5-6-11-23(28-4)13-10-18-19-8-7-16-14-17(26)9-12-21(16,2)24(19,25)20(27)15-22(18,23)3/h9,12,14,18-20,27H,5-8,10-11,13,15H2,1-4H3/t18-,19-,20-,21-,22-,23-,24-/m0/s1. The first kappa shape index (κ1) is 20.7. The smallest absolute Gasteiger partial charge is 0.178 e. The van der Waals surface area contributed by atoms with Crippen molar-refractivity contribution in [2.45, 2.75) is 88.7 Å². The van der Waals surface area contributed by atoms with Gasteiger partial charge in [-0.25, -0.2) is 4.39 Å². The minimum absolute atomic E-state index is 0.0347. The lowest BCUT2D eigenvalue weighted by atomic mass is 9.45. The Kier molecular flexibility index (Phi) is 4.94. The molecular formula is C24H35FO2S. The van der Waals surface area contributed by atoms with Crippen molar-refractivity contribution in [1.29, 1.82) is 0 Å². The second kappa shape index (κ2) is 6.70. The zero-order chi connectivity index (χ0) is 20.4. The average molecular weight is 407 g/mol. The quantitative estimate of drug-likeness (QED) is 0.655. The van der Waals surface area contributed by atoms with Gasteiger partial charge in [0.05, 0.1) is 6.10 Å². The number of unbranched alkanes of at least 4 members (excludes halogenated alkanes) is 1. The van der Waals surface area contributed by atoms with E-state index in [4.69, 9.17) is 0 Å². The molecule has 0 saturated heterocycles. The molecule has 0 amide bonds. The summed E-state index contributed by atoms with van der Waals surface area (Å²) in [5, 5.41) is 11.4. The first-order chi connectivity index (χ1) is 13.2. The number of aliphatic hydroxyl groups excluding tert-OH is 1. The molecule has 3 fully saturated rings. The summed E-state index contributed by atoms with van der Waals surface area (Å²) in [6.07, 6.45) is 13.9. The Balaban J connectivity index is 1.76. The summed E-state index contributed by atoms with van der Waals surface area (Å²) in [4.78, 5) is 11.9. The van der Waals surface area contributed by atoms with E-state index in [0.29, 0.717) is 12.3 Å². The van der Waals surface area contributed by atoms with E-state index in [-0.39, 0.29) is 21.9 Å². The number of ketones is 1. The zero-order valence-electron chi connectivity index (χ0n) is 17.8. The van der Waals surface area contributed by atoms with Gasteiger partial charge in [0, 0.05) is 16.1 Å². The maximum atomic E-state index is 17.0. The van der Waals surface area contributed by atoms with Crippen LogP contribution in [0, 0.1) is 22.7 Å². The molecule has 0 radical (unpaired) electrons. The van der Waals surface area contributed by atoms with Crippen LogP contribution in [-0.2, 0) is 4.79 Å². The Hall–Kier alpha value is -0.610. The topological polar surface area (TPSA) is 37.3 Å². The summed E-state index contributed by atoms with van der Waals surface area (Å²) < 4.78 is 17.2. The van der Waals surface area contributed by atoms with E-state index in [1.165, 1.54) is 18.9 Å². The number of hydrogen-bond acceptors (Lipinski definition) is 3. The largest absolute Gasteiger partial charge is 0.390 e. The molecule has 1 N–H and O–H groups in total. The Bertz CT molecular complexity index is 732. The van der Waals surface area contributed by atoms with E-state index >= 15 is 4.39 Å². The summed E-state index contributed by atoms with van der Waals surface area (Å²) in [6.45, 7) is 6.48. The van der Waals surface area contributed by atoms with Gasteiger partial charge >= 0.3 is 0 Å². The highest BCUT2D eigenvalue weighted by Crippen LogP contribution is 2.72. The number of hydrogen-bond donors (Lipinski definition) is 1. The summed E-state index contributed by atoms with van der Waals surface area (Å²) in [5.41, 5.74) is -1.70. The maximum Gasteiger partial charge on any atom is 0.178 e. The van der Waals surface area contributed by atoms with E-state index in [9.17, 15) is 9.90 Å². The number of carbonyl (C=O) groups excluding carboxylic acids is 1. The SMILES string of the molecule is CCCC[C@]1(SC)CC[C@H]2[C@@H]3CCC4=CC(=O)C=C[C@]4(C)[C@@]3(F)[C@@H](O)C[C@@]21C. The van der Waals surface area contributed by atoms with Crippen LogP contribution in [0.3, 0.4) is 0 Å². The van der Waals surface area contributed by atoms with E-state index in [2.05, 4.69) is 20.1 Å². The Morgan fingerprint density at radius 2 is 2.04 bits per heavy atom. The van der Waals surface area contributed by atoms with Crippen molar-refractivity contribution in [2.75, 3.05) is 6.26 Å². The molecule has 0 aliphatic heterocycles. The van der Waals surface area contributed by atoms with Crippen LogP contribution in [0.15, 0.2) is 23.8 Å². The molecule has 4 aliphatic carbocycles. The average Bonchev–Trinajstić information content (AvgIpc) is 2.94. The second-order valence-electron chi connectivity index (χ2n) is 10.1. The molecule has 3 saturated carbocycles. The van der Waals surface area contributed by atoms with Gasteiger partial charge in [0.2, 0.25) is 0 Å². The number of alkyl halides is 1. The number of halogens is 1. The lowest BCUT2D eigenvalue weighted by Gasteiger charge is -2.63. The minimum atomic E-state index is -1.68. The van der Waals surface area contributed by atoms with Crippen molar-refractivity contribution in [3.8, 4) is 0 Å². The Labute approximate surface area is 173 Å². The minimum Gasteiger partial charge on any atom is -0.390 e. The highest BCUT2D eigenvalue weighted by atomic mass is 32.2. The van der Waals surface area contributed by atoms with Gasteiger partial charge in [-0.15, -0.1) is 0 Å². The van der Waals surface area contributed by atoms with Gasteiger partial charge in [0.1, 0.15) is 0 Å². The molecule has 7 atom stereocenters. The Morgan fingerprint density at radius 1 is 1.29 bits per heavy atom. The summed E-state index contributed by atoms with van der Waals surface area (Å²) in [6, 6.07) is 0. The van der Waals surface area contributed by atoms with Crippen molar-refractivity contribution in [3.63, 3.8) is 0 Å². The summed E-state index contributed by atoms with van der Waals surface area (Å²) in [5.74, 6) is 0.109. The van der Waals surface area contributed by atoms with Gasteiger partial charge in [0.15, 0.2) is 11.5 Å². The first-order valence-electron chi connectivity index (χ1n) is 11.0. The summed E-state index contributed by atoms with van der Waals surface area (Å²) in [7, 11) is 0. The van der Waals surface area contributed by atoms with Gasteiger partial charge in [-0.05, 0) is 75.2 Å². The molecular weight excluding hydrogens is 371 g/mol. The lowest BCUT2D eigenvalue weighted by Crippen LogP contribution is -2.67. The molecule has 0 aromatic heterocycles. The van der Waals surface area contributed by atoms with E-state index < -0.39 is 17.2 Å². The van der Waals surface area contributed by atoms with Gasteiger partial charge in [-0.2, -0.15) is 11.8 Å². The third kappa shape index (κ3) is 2.40. The van der Waals surface area contributed by atoms with Crippen LogP contribution in [0.1, 0.15) is 72.1 Å².